The molecule has 2 aromatic heterocycles. The number of carbonyl (C=O) groups is 1. The van der Waals surface area contributed by atoms with E-state index in [0.717, 1.165) is 44.0 Å². The average Bonchev–Trinajstić information content (AvgIpc) is 2.52. The molecular formula is C18H20N2O2. The molecule has 1 N–H and O–H groups in total. The molecule has 2 aromatic rings. The van der Waals surface area contributed by atoms with Crippen molar-refractivity contribution in [3.05, 3.63) is 36.3 Å². The lowest BCUT2D eigenvalue weighted by atomic mass is 9.54. The third kappa shape index (κ3) is 2.18. The van der Waals surface area contributed by atoms with Crippen molar-refractivity contribution >= 4 is 16.9 Å². The van der Waals surface area contributed by atoms with Crippen molar-refractivity contribution in [1.29, 1.82) is 0 Å². The summed E-state index contributed by atoms with van der Waals surface area (Å²) in [5.41, 5.74) is 2.70. The van der Waals surface area contributed by atoms with Crippen molar-refractivity contribution in [3.8, 4) is 0 Å². The van der Waals surface area contributed by atoms with Crippen LogP contribution in [-0.4, -0.2) is 21.0 Å². The molecule has 0 aromatic carbocycles. The summed E-state index contributed by atoms with van der Waals surface area (Å²) in [6.07, 6.45) is 12.0. The van der Waals surface area contributed by atoms with Crippen molar-refractivity contribution in [2.24, 2.45) is 11.3 Å². The largest absolute Gasteiger partial charge is 0.481 e. The number of carboxylic acids is 1. The van der Waals surface area contributed by atoms with E-state index < -0.39 is 5.97 Å². The van der Waals surface area contributed by atoms with Crippen molar-refractivity contribution in [1.82, 2.24) is 9.97 Å². The lowest BCUT2D eigenvalue weighted by Gasteiger charge is -2.50. The molecule has 0 amide bonds. The van der Waals surface area contributed by atoms with Gasteiger partial charge in [0.25, 0.3) is 0 Å². The number of pyridine rings is 2. The van der Waals surface area contributed by atoms with Crippen LogP contribution in [0.2, 0.25) is 0 Å². The van der Waals surface area contributed by atoms with Crippen molar-refractivity contribution in [3.63, 3.8) is 0 Å². The highest BCUT2D eigenvalue weighted by Crippen LogP contribution is 2.57. The molecule has 4 heteroatoms. The molecule has 4 rings (SSSR count). The number of fused-ring (bicyclic) bond motifs is 1. The maximum atomic E-state index is 11.0. The number of aliphatic carboxylic acids is 1. The van der Waals surface area contributed by atoms with Gasteiger partial charge in [-0.3, -0.25) is 14.8 Å². The third-order valence-corrected chi connectivity index (χ3v) is 5.77. The van der Waals surface area contributed by atoms with E-state index in [2.05, 4.69) is 16.0 Å². The topological polar surface area (TPSA) is 63.1 Å². The maximum absolute atomic E-state index is 11.0. The quantitative estimate of drug-likeness (QED) is 0.916. The second-order valence-corrected chi connectivity index (χ2v) is 7.01. The Hall–Kier alpha value is -1.97. The first-order valence-electron chi connectivity index (χ1n) is 8.08. The molecule has 0 aliphatic heterocycles. The first-order valence-corrected chi connectivity index (χ1v) is 8.08. The van der Waals surface area contributed by atoms with Crippen LogP contribution in [-0.2, 0) is 4.79 Å². The summed E-state index contributed by atoms with van der Waals surface area (Å²) in [6, 6.07) is 4.10. The van der Waals surface area contributed by atoms with Crippen LogP contribution >= 0.6 is 0 Å². The van der Waals surface area contributed by atoms with Crippen LogP contribution in [0.4, 0.5) is 0 Å². The minimum Gasteiger partial charge on any atom is -0.481 e. The van der Waals surface area contributed by atoms with E-state index in [1.165, 1.54) is 10.9 Å². The van der Waals surface area contributed by atoms with Crippen LogP contribution in [0.5, 0.6) is 0 Å². The van der Waals surface area contributed by atoms with Crippen molar-refractivity contribution in [2.45, 2.75) is 44.4 Å². The van der Waals surface area contributed by atoms with Crippen LogP contribution in [0.25, 0.3) is 10.9 Å². The van der Waals surface area contributed by atoms with Gasteiger partial charge in [0.1, 0.15) is 0 Å². The van der Waals surface area contributed by atoms with Gasteiger partial charge >= 0.3 is 5.97 Å². The first kappa shape index (κ1) is 13.7. The zero-order valence-electron chi connectivity index (χ0n) is 12.5. The van der Waals surface area contributed by atoms with Gasteiger partial charge in [0.2, 0.25) is 0 Å². The Morgan fingerprint density at radius 1 is 1.18 bits per heavy atom. The fourth-order valence-corrected chi connectivity index (χ4v) is 4.48. The SMILES string of the molecule is O=C(O)C1CC2(CCC(c3ccnc4ccncc34)CC2)C1. The Kier molecular flexibility index (Phi) is 3.13. The minimum atomic E-state index is -0.612. The van der Waals surface area contributed by atoms with E-state index >= 15 is 0 Å². The highest BCUT2D eigenvalue weighted by atomic mass is 16.4. The average molecular weight is 296 g/mol. The molecular weight excluding hydrogens is 276 g/mol. The van der Waals surface area contributed by atoms with Gasteiger partial charge in [-0.05, 0) is 67.6 Å². The fourth-order valence-electron chi connectivity index (χ4n) is 4.48. The molecule has 0 saturated heterocycles. The highest BCUT2D eigenvalue weighted by molar-refractivity contribution is 5.81. The van der Waals surface area contributed by atoms with Crippen LogP contribution in [0, 0.1) is 11.3 Å². The summed E-state index contributed by atoms with van der Waals surface area (Å²) in [5, 5.41) is 10.3. The van der Waals surface area contributed by atoms with Gasteiger partial charge in [0.05, 0.1) is 11.4 Å². The van der Waals surface area contributed by atoms with E-state index in [4.69, 9.17) is 5.11 Å². The fraction of sp³-hybridized carbons (Fsp3) is 0.500. The molecule has 2 fully saturated rings. The Morgan fingerprint density at radius 3 is 2.68 bits per heavy atom. The predicted octanol–water partition coefficient (Wildman–Crippen LogP) is 3.77. The van der Waals surface area contributed by atoms with Crippen LogP contribution in [0.3, 0.4) is 0 Å². The van der Waals surface area contributed by atoms with E-state index in [1.54, 1.807) is 6.20 Å². The Bertz CT molecular complexity index is 707. The standard InChI is InChI=1S/C18H20N2O2/c21-17(22)13-9-18(10-13)5-1-12(2-6-18)14-3-8-20-16-4-7-19-11-15(14)16/h3-4,7-8,11-13H,1-2,5-6,9-10H2,(H,21,22). The van der Waals surface area contributed by atoms with Gasteiger partial charge in [-0.15, -0.1) is 0 Å². The monoisotopic (exact) mass is 296 g/mol. The lowest BCUT2D eigenvalue weighted by Crippen LogP contribution is -2.43. The summed E-state index contributed by atoms with van der Waals surface area (Å²) in [7, 11) is 0. The molecule has 0 bridgehead atoms. The summed E-state index contributed by atoms with van der Waals surface area (Å²) >= 11 is 0. The molecule has 2 aliphatic carbocycles. The number of hydrogen-bond donors (Lipinski definition) is 1. The number of rotatable bonds is 2. The van der Waals surface area contributed by atoms with E-state index in [0.29, 0.717) is 11.3 Å². The number of aromatic nitrogens is 2. The Labute approximate surface area is 129 Å². The Balaban J connectivity index is 1.51. The second kappa shape index (κ2) is 5.04. The van der Waals surface area contributed by atoms with Crippen LogP contribution in [0.15, 0.2) is 30.7 Å². The number of hydrogen-bond acceptors (Lipinski definition) is 3. The number of carboxylic acid groups (broad SMARTS) is 1. The zero-order valence-corrected chi connectivity index (χ0v) is 12.5. The second-order valence-electron chi connectivity index (χ2n) is 7.01. The maximum Gasteiger partial charge on any atom is 0.306 e. The molecule has 2 saturated carbocycles. The summed E-state index contributed by atoms with van der Waals surface area (Å²) < 4.78 is 0. The summed E-state index contributed by atoms with van der Waals surface area (Å²) in [6.45, 7) is 0. The molecule has 2 aliphatic rings. The van der Waals surface area contributed by atoms with E-state index in [-0.39, 0.29) is 5.92 Å². The normalized spacial score (nSPS) is 31.1. The highest BCUT2D eigenvalue weighted by Gasteiger charge is 2.48. The zero-order chi connectivity index (χ0) is 15.2. The van der Waals surface area contributed by atoms with Gasteiger partial charge in [-0.25, -0.2) is 0 Å². The molecule has 22 heavy (non-hydrogen) atoms. The molecule has 2 heterocycles. The van der Waals surface area contributed by atoms with E-state index in [9.17, 15) is 4.79 Å². The molecule has 0 atom stereocenters. The van der Waals surface area contributed by atoms with Gasteiger partial charge in [-0.1, -0.05) is 0 Å². The van der Waals surface area contributed by atoms with Crippen molar-refractivity contribution in [2.75, 3.05) is 0 Å². The van der Waals surface area contributed by atoms with Gasteiger partial charge in [-0.2, -0.15) is 0 Å². The van der Waals surface area contributed by atoms with Gasteiger partial charge in [0.15, 0.2) is 0 Å². The first-order chi connectivity index (χ1) is 10.7. The molecule has 1 spiro atoms. The van der Waals surface area contributed by atoms with Gasteiger partial charge < -0.3 is 5.11 Å². The summed E-state index contributed by atoms with van der Waals surface area (Å²) in [4.78, 5) is 19.7. The molecule has 0 unspecified atom stereocenters. The summed E-state index contributed by atoms with van der Waals surface area (Å²) in [5.74, 6) is -0.148. The Morgan fingerprint density at radius 2 is 1.95 bits per heavy atom. The van der Waals surface area contributed by atoms with Gasteiger partial charge in [0, 0.05) is 24.0 Å². The number of nitrogens with zero attached hydrogens (tertiary/aromatic N) is 2. The third-order valence-electron chi connectivity index (χ3n) is 5.77. The smallest absolute Gasteiger partial charge is 0.306 e. The van der Waals surface area contributed by atoms with E-state index in [1.807, 2.05) is 18.5 Å². The van der Waals surface area contributed by atoms with Crippen LogP contribution < -0.4 is 0 Å². The molecule has 114 valence electrons. The molecule has 0 radical (unpaired) electrons. The minimum absolute atomic E-state index is 0.0949. The predicted molar refractivity (Wildman–Crippen MR) is 83.5 cm³/mol. The lowest BCUT2D eigenvalue weighted by molar-refractivity contribution is -0.151. The molecule has 4 nitrogen and oxygen atoms in total. The van der Waals surface area contributed by atoms with Crippen LogP contribution in [0.1, 0.15) is 50.0 Å². The van der Waals surface area contributed by atoms with Crippen molar-refractivity contribution < 1.29 is 9.90 Å².